The van der Waals surface area contributed by atoms with Crippen LogP contribution >= 0.6 is 0 Å². The van der Waals surface area contributed by atoms with E-state index in [1.54, 1.807) is 41.5 Å². The number of carbonyl (C=O) groups is 3. The van der Waals surface area contributed by atoms with Crippen LogP contribution in [0.1, 0.15) is 77.1 Å². The molecule has 1 aromatic rings. The molecular formula is C18H27N3O6. The molecule has 2 rings (SSSR count). The summed E-state index contributed by atoms with van der Waals surface area (Å²) in [6.45, 7) is 10.3. The summed E-state index contributed by atoms with van der Waals surface area (Å²) >= 11 is 0. The molecule has 27 heavy (non-hydrogen) atoms. The van der Waals surface area contributed by atoms with Gasteiger partial charge in [-0.1, -0.05) is 0 Å². The van der Waals surface area contributed by atoms with E-state index in [2.05, 4.69) is 10.3 Å². The van der Waals surface area contributed by atoms with Crippen LogP contribution in [0.25, 0.3) is 0 Å². The highest BCUT2D eigenvalue weighted by molar-refractivity contribution is 5.90. The van der Waals surface area contributed by atoms with Gasteiger partial charge in [0.15, 0.2) is 5.69 Å². The molecule has 0 spiro atoms. The van der Waals surface area contributed by atoms with Crippen molar-refractivity contribution in [1.29, 1.82) is 0 Å². The Bertz CT molecular complexity index is 750. The molecule has 1 fully saturated rings. The minimum Gasteiger partial charge on any atom is -0.477 e. The van der Waals surface area contributed by atoms with E-state index in [0.717, 1.165) is 17.2 Å². The van der Waals surface area contributed by atoms with E-state index in [1.165, 1.54) is 0 Å². The van der Waals surface area contributed by atoms with Crippen molar-refractivity contribution < 1.29 is 29.0 Å². The summed E-state index contributed by atoms with van der Waals surface area (Å²) in [5, 5.41) is 12.2. The number of nitrogens with one attached hydrogen (secondary N) is 1. The third-order valence-corrected chi connectivity index (χ3v) is 3.93. The molecule has 0 saturated heterocycles. The Balaban J connectivity index is 2.42. The third-order valence-electron chi connectivity index (χ3n) is 3.93. The number of aromatic nitrogens is 2. The Labute approximate surface area is 158 Å². The SMILES string of the molecule is CC(C)(C)OC(=O)NC1(c2ncc(C(=O)O)n2C(=O)OC(C)(C)C)CCC1. The first-order valence-electron chi connectivity index (χ1n) is 8.80. The number of hydrogen-bond acceptors (Lipinski definition) is 6. The lowest BCUT2D eigenvalue weighted by molar-refractivity contribution is 0.0328. The molecule has 0 radical (unpaired) electrons. The summed E-state index contributed by atoms with van der Waals surface area (Å²) in [5.74, 6) is -1.18. The number of nitrogens with zero attached hydrogens (tertiary/aromatic N) is 2. The molecule has 2 N–H and O–H groups in total. The number of rotatable bonds is 3. The van der Waals surface area contributed by atoms with Crippen LogP contribution in [0.3, 0.4) is 0 Å². The highest BCUT2D eigenvalue weighted by Gasteiger charge is 2.47. The van der Waals surface area contributed by atoms with Gasteiger partial charge in [-0.15, -0.1) is 0 Å². The van der Waals surface area contributed by atoms with Crippen LogP contribution in [0, 0.1) is 0 Å². The lowest BCUT2D eigenvalue weighted by atomic mass is 9.76. The Hall–Kier alpha value is -2.58. The number of carboxylic acids is 1. The summed E-state index contributed by atoms with van der Waals surface area (Å²) in [4.78, 5) is 40.7. The normalized spacial score (nSPS) is 16.2. The maximum absolute atomic E-state index is 12.7. The molecule has 0 bridgehead atoms. The van der Waals surface area contributed by atoms with Gasteiger partial charge < -0.3 is 19.9 Å². The van der Waals surface area contributed by atoms with Crippen molar-refractivity contribution >= 4 is 18.2 Å². The molecule has 1 amide bonds. The number of amides is 1. The number of imidazole rings is 1. The molecule has 1 aliphatic rings. The largest absolute Gasteiger partial charge is 0.477 e. The standard InChI is InChI=1S/C18H27N3O6/c1-16(2,3)26-14(24)20-18(8-7-9-18)13-19-10-11(12(22)23)21(13)15(25)27-17(4,5)6/h10H,7-9H2,1-6H3,(H,20,24)(H,22,23). The molecule has 9 heteroatoms. The van der Waals surface area contributed by atoms with Crippen molar-refractivity contribution in [2.24, 2.45) is 0 Å². The Morgan fingerprint density at radius 1 is 1.11 bits per heavy atom. The van der Waals surface area contributed by atoms with Crippen LogP contribution in [-0.4, -0.2) is 44.0 Å². The van der Waals surface area contributed by atoms with E-state index in [-0.39, 0.29) is 11.5 Å². The minimum atomic E-state index is -1.31. The van der Waals surface area contributed by atoms with Crippen LogP contribution in [-0.2, 0) is 15.0 Å². The van der Waals surface area contributed by atoms with E-state index >= 15 is 0 Å². The van der Waals surface area contributed by atoms with Gasteiger partial charge in [0.2, 0.25) is 0 Å². The smallest absolute Gasteiger partial charge is 0.420 e. The summed E-state index contributed by atoms with van der Waals surface area (Å²) in [6.07, 6.45) is 1.39. The monoisotopic (exact) mass is 381 g/mol. The Morgan fingerprint density at radius 3 is 2.07 bits per heavy atom. The molecule has 1 aliphatic carbocycles. The lowest BCUT2D eigenvalue weighted by Crippen LogP contribution is -2.54. The van der Waals surface area contributed by atoms with Crippen LogP contribution in [0.2, 0.25) is 0 Å². The Morgan fingerprint density at radius 2 is 1.67 bits per heavy atom. The summed E-state index contributed by atoms with van der Waals surface area (Å²) in [7, 11) is 0. The van der Waals surface area contributed by atoms with Gasteiger partial charge in [0.05, 0.1) is 6.20 Å². The molecule has 0 atom stereocenters. The van der Waals surface area contributed by atoms with Crippen LogP contribution in [0.15, 0.2) is 6.20 Å². The van der Waals surface area contributed by atoms with Gasteiger partial charge in [-0.3, -0.25) is 0 Å². The van der Waals surface area contributed by atoms with Gasteiger partial charge in [-0.2, -0.15) is 0 Å². The molecule has 0 aromatic carbocycles. The van der Waals surface area contributed by atoms with Crippen LogP contribution < -0.4 is 5.32 Å². The maximum atomic E-state index is 12.7. The fourth-order valence-corrected chi connectivity index (χ4v) is 2.77. The Kier molecular flexibility index (Phi) is 5.27. The highest BCUT2D eigenvalue weighted by atomic mass is 16.6. The minimum absolute atomic E-state index is 0.131. The molecule has 0 aliphatic heterocycles. The van der Waals surface area contributed by atoms with Gasteiger partial charge in [-0.05, 0) is 60.8 Å². The van der Waals surface area contributed by atoms with E-state index in [0.29, 0.717) is 12.8 Å². The molecular weight excluding hydrogens is 354 g/mol. The number of hydrogen-bond donors (Lipinski definition) is 2. The predicted octanol–water partition coefficient (Wildman–Crippen LogP) is 3.27. The van der Waals surface area contributed by atoms with Crippen molar-refractivity contribution in [1.82, 2.24) is 14.9 Å². The highest BCUT2D eigenvalue weighted by Crippen LogP contribution is 2.41. The van der Waals surface area contributed by atoms with Crippen molar-refractivity contribution in [3.8, 4) is 0 Å². The van der Waals surface area contributed by atoms with Crippen molar-refractivity contribution in [2.75, 3.05) is 0 Å². The van der Waals surface area contributed by atoms with Crippen molar-refractivity contribution in [3.05, 3.63) is 17.7 Å². The third kappa shape index (κ3) is 4.78. The molecule has 9 nitrogen and oxygen atoms in total. The second-order valence-electron chi connectivity index (χ2n) is 8.65. The number of alkyl carbamates (subject to hydrolysis) is 1. The quantitative estimate of drug-likeness (QED) is 0.824. The lowest BCUT2D eigenvalue weighted by Gasteiger charge is -2.41. The fourth-order valence-electron chi connectivity index (χ4n) is 2.77. The van der Waals surface area contributed by atoms with E-state index in [9.17, 15) is 19.5 Å². The van der Waals surface area contributed by atoms with E-state index in [1.807, 2.05) is 0 Å². The average Bonchev–Trinajstić information content (AvgIpc) is 2.84. The molecule has 150 valence electrons. The maximum Gasteiger partial charge on any atom is 0.420 e. The van der Waals surface area contributed by atoms with Crippen molar-refractivity contribution in [2.45, 2.75) is 77.5 Å². The predicted molar refractivity (Wildman–Crippen MR) is 95.7 cm³/mol. The van der Waals surface area contributed by atoms with Crippen LogP contribution in [0.4, 0.5) is 9.59 Å². The van der Waals surface area contributed by atoms with E-state index < -0.39 is 34.9 Å². The zero-order valence-corrected chi connectivity index (χ0v) is 16.6. The molecule has 1 aromatic heterocycles. The summed E-state index contributed by atoms with van der Waals surface area (Å²) < 4.78 is 11.6. The zero-order chi connectivity index (χ0) is 20.6. The first kappa shape index (κ1) is 20.7. The number of aromatic carboxylic acids is 1. The topological polar surface area (TPSA) is 120 Å². The molecule has 1 saturated carbocycles. The zero-order valence-electron chi connectivity index (χ0n) is 16.6. The van der Waals surface area contributed by atoms with Crippen molar-refractivity contribution in [3.63, 3.8) is 0 Å². The van der Waals surface area contributed by atoms with E-state index in [4.69, 9.17) is 9.47 Å². The number of ether oxygens (including phenoxy) is 2. The van der Waals surface area contributed by atoms with Gasteiger partial charge in [0.1, 0.15) is 22.6 Å². The fraction of sp³-hybridized carbons (Fsp3) is 0.667. The second-order valence-corrected chi connectivity index (χ2v) is 8.65. The van der Waals surface area contributed by atoms with Gasteiger partial charge in [0.25, 0.3) is 0 Å². The molecule has 1 heterocycles. The van der Waals surface area contributed by atoms with Crippen LogP contribution in [0.5, 0.6) is 0 Å². The van der Waals surface area contributed by atoms with Gasteiger partial charge in [-0.25, -0.2) is 23.9 Å². The second kappa shape index (κ2) is 6.86. The average molecular weight is 381 g/mol. The molecule has 0 unspecified atom stereocenters. The summed E-state index contributed by atoms with van der Waals surface area (Å²) in [5.41, 5.74) is -2.81. The first-order chi connectivity index (χ1) is 12.2. The van der Waals surface area contributed by atoms with Gasteiger partial charge >= 0.3 is 18.2 Å². The number of carbonyl (C=O) groups excluding carboxylic acids is 2. The first-order valence-corrected chi connectivity index (χ1v) is 8.80. The van der Waals surface area contributed by atoms with Gasteiger partial charge in [0, 0.05) is 0 Å². The number of carboxylic acid groups (broad SMARTS) is 1. The summed E-state index contributed by atoms with van der Waals surface area (Å²) in [6, 6.07) is 0.